The number of hydrogen-bond donors (Lipinski definition) is 3. The van der Waals surface area contributed by atoms with E-state index in [0.29, 0.717) is 35.7 Å². The van der Waals surface area contributed by atoms with Gasteiger partial charge in [-0.3, -0.25) is 9.59 Å². The summed E-state index contributed by atoms with van der Waals surface area (Å²) in [5.74, 6) is 4.81. The summed E-state index contributed by atoms with van der Waals surface area (Å²) in [4.78, 5) is 33.7. The van der Waals surface area contributed by atoms with Crippen molar-refractivity contribution in [3.63, 3.8) is 0 Å². The van der Waals surface area contributed by atoms with Crippen LogP contribution in [0.1, 0.15) is 29.4 Å². The number of anilines is 1. The molecule has 28 heavy (non-hydrogen) atoms. The second-order valence-electron chi connectivity index (χ2n) is 6.52. The maximum absolute atomic E-state index is 12.0. The number of hydrogen-bond acceptors (Lipinski definition) is 6. The molecular formula is C20H21N5O3. The van der Waals surface area contributed by atoms with E-state index in [1.54, 1.807) is 31.3 Å². The van der Waals surface area contributed by atoms with Crippen molar-refractivity contribution in [2.24, 2.45) is 5.73 Å². The minimum atomic E-state index is -1.66. The van der Waals surface area contributed by atoms with Crippen LogP contribution in [0.25, 0.3) is 11.4 Å². The highest BCUT2D eigenvalue weighted by molar-refractivity contribution is 5.96. The van der Waals surface area contributed by atoms with Crippen LogP contribution in [0.5, 0.6) is 0 Å². The van der Waals surface area contributed by atoms with Crippen molar-refractivity contribution in [2.45, 2.75) is 18.9 Å². The lowest BCUT2D eigenvalue weighted by Crippen LogP contribution is -2.37. The lowest BCUT2D eigenvalue weighted by Gasteiger charge is -2.13. The first-order valence-corrected chi connectivity index (χ1v) is 8.86. The number of rotatable bonds is 4. The van der Waals surface area contributed by atoms with E-state index in [-0.39, 0.29) is 12.1 Å². The van der Waals surface area contributed by atoms with Crippen LogP contribution in [-0.4, -0.2) is 57.5 Å². The van der Waals surface area contributed by atoms with E-state index in [2.05, 4.69) is 27.1 Å². The normalized spacial score (nSPS) is 18.5. The van der Waals surface area contributed by atoms with Crippen LogP contribution < -0.4 is 11.1 Å². The molecule has 2 aromatic rings. The molecule has 1 fully saturated rings. The lowest BCUT2D eigenvalue weighted by molar-refractivity contribution is -0.137. The number of aromatic nitrogens is 2. The molecule has 144 valence electrons. The number of amides is 2. The van der Waals surface area contributed by atoms with Gasteiger partial charge in [0.05, 0.1) is 11.9 Å². The number of likely N-dealkylation sites (N-methyl/N-ethyl adjacent to an activating group) is 1. The summed E-state index contributed by atoms with van der Waals surface area (Å²) in [5.41, 5.74) is 5.57. The van der Waals surface area contributed by atoms with E-state index in [1.165, 1.54) is 11.1 Å². The Balaban J connectivity index is 1.93. The van der Waals surface area contributed by atoms with Gasteiger partial charge in [-0.15, -0.1) is 0 Å². The first-order valence-electron chi connectivity index (χ1n) is 8.86. The number of nitrogens with one attached hydrogen (secondary N) is 1. The van der Waals surface area contributed by atoms with E-state index < -0.39 is 17.4 Å². The average Bonchev–Trinajstić information content (AvgIpc) is 2.95. The summed E-state index contributed by atoms with van der Waals surface area (Å²) in [7, 11) is 1.63. The zero-order valence-corrected chi connectivity index (χ0v) is 15.7. The third-order valence-electron chi connectivity index (χ3n) is 4.43. The van der Waals surface area contributed by atoms with Gasteiger partial charge in [-0.1, -0.05) is 24.0 Å². The van der Waals surface area contributed by atoms with Gasteiger partial charge in [0.2, 0.25) is 5.60 Å². The number of nitrogens with zero attached hydrogens (tertiary/aromatic N) is 3. The molecule has 1 aromatic heterocycles. The molecule has 1 aromatic carbocycles. The van der Waals surface area contributed by atoms with Crippen LogP contribution in [-0.2, 0) is 4.79 Å². The van der Waals surface area contributed by atoms with E-state index in [0.717, 1.165) is 0 Å². The molecule has 0 aliphatic carbocycles. The Morgan fingerprint density at radius 3 is 2.89 bits per heavy atom. The Labute approximate surface area is 162 Å². The molecule has 2 amide bonds. The molecule has 0 saturated carbocycles. The second-order valence-corrected chi connectivity index (χ2v) is 6.52. The van der Waals surface area contributed by atoms with E-state index in [4.69, 9.17) is 5.73 Å². The van der Waals surface area contributed by atoms with Gasteiger partial charge >= 0.3 is 0 Å². The predicted molar refractivity (Wildman–Crippen MR) is 104 cm³/mol. The minimum Gasteiger partial charge on any atom is -0.382 e. The fraction of sp³-hybridized carbons (Fsp3) is 0.300. The Bertz CT molecular complexity index is 995. The fourth-order valence-electron chi connectivity index (χ4n) is 2.91. The van der Waals surface area contributed by atoms with Gasteiger partial charge in [0, 0.05) is 37.7 Å². The van der Waals surface area contributed by atoms with Crippen molar-refractivity contribution in [1.29, 1.82) is 0 Å². The lowest BCUT2D eigenvalue weighted by atomic mass is 10.0. The third kappa shape index (κ3) is 3.80. The van der Waals surface area contributed by atoms with Crippen LogP contribution in [0, 0.1) is 11.8 Å². The SMILES string of the molecule is CCNc1cnc(-c2cccc(C#CC3(O)CCN(C)C3=O)c2)nc1C(N)=O. The van der Waals surface area contributed by atoms with E-state index in [9.17, 15) is 14.7 Å². The average molecular weight is 379 g/mol. The number of aliphatic hydroxyl groups is 1. The Hall–Kier alpha value is -3.44. The third-order valence-corrected chi connectivity index (χ3v) is 4.43. The smallest absolute Gasteiger partial charge is 0.269 e. The van der Waals surface area contributed by atoms with Crippen molar-refractivity contribution >= 4 is 17.5 Å². The number of primary amides is 1. The zero-order chi connectivity index (χ0) is 20.3. The molecule has 1 aliphatic rings. The van der Waals surface area contributed by atoms with Crippen LogP contribution in [0.2, 0.25) is 0 Å². The predicted octanol–water partition coefficient (Wildman–Crippen LogP) is 0.619. The topological polar surface area (TPSA) is 121 Å². The van der Waals surface area contributed by atoms with Crippen LogP contribution in [0.4, 0.5) is 5.69 Å². The first kappa shape index (κ1) is 19.3. The second kappa shape index (κ2) is 7.66. The van der Waals surface area contributed by atoms with Gasteiger partial charge in [-0.2, -0.15) is 0 Å². The summed E-state index contributed by atoms with van der Waals surface area (Å²) in [6.07, 6.45) is 1.78. The molecule has 8 nitrogen and oxygen atoms in total. The van der Waals surface area contributed by atoms with Crippen molar-refractivity contribution in [3.05, 3.63) is 41.7 Å². The fourth-order valence-corrected chi connectivity index (χ4v) is 2.91. The van der Waals surface area contributed by atoms with Crippen molar-refractivity contribution in [2.75, 3.05) is 25.5 Å². The van der Waals surface area contributed by atoms with Crippen LogP contribution in [0.15, 0.2) is 30.5 Å². The maximum atomic E-state index is 12.0. The van der Waals surface area contributed by atoms with Crippen LogP contribution >= 0.6 is 0 Å². The highest BCUT2D eigenvalue weighted by Gasteiger charge is 2.42. The summed E-state index contributed by atoms with van der Waals surface area (Å²) >= 11 is 0. The molecule has 4 N–H and O–H groups in total. The molecule has 1 aliphatic heterocycles. The monoisotopic (exact) mass is 379 g/mol. The largest absolute Gasteiger partial charge is 0.382 e. The molecule has 0 radical (unpaired) electrons. The number of carbonyl (C=O) groups excluding carboxylic acids is 2. The quantitative estimate of drug-likeness (QED) is 0.670. The van der Waals surface area contributed by atoms with Crippen molar-refractivity contribution in [1.82, 2.24) is 14.9 Å². The molecule has 1 saturated heterocycles. The summed E-state index contributed by atoms with van der Waals surface area (Å²) < 4.78 is 0. The first-order chi connectivity index (χ1) is 13.3. The Morgan fingerprint density at radius 2 is 2.25 bits per heavy atom. The highest BCUT2D eigenvalue weighted by Crippen LogP contribution is 2.22. The zero-order valence-electron chi connectivity index (χ0n) is 15.7. The standard InChI is InChI=1S/C20H21N5O3/c1-3-22-15-12-23-18(24-16(15)17(21)26)14-6-4-5-13(11-14)7-8-20(28)9-10-25(2)19(20)27/h4-6,11-12,22,28H,3,9-10H2,1-2H3,(H2,21,26). The van der Waals surface area contributed by atoms with Crippen molar-refractivity contribution in [3.8, 4) is 23.2 Å². The summed E-state index contributed by atoms with van der Waals surface area (Å²) in [5, 5.41) is 13.4. The summed E-state index contributed by atoms with van der Waals surface area (Å²) in [6, 6.07) is 7.02. The van der Waals surface area contributed by atoms with Gasteiger partial charge in [0.1, 0.15) is 0 Å². The van der Waals surface area contributed by atoms with E-state index in [1.807, 2.05) is 6.92 Å². The molecule has 0 bridgehead atoms. The molecule has 3 rings (SSSR count). The van der Waals surface area contributed by atoms with Gasteiger partial charge < -0.3 is 21.1 Å². The van der Waals surface area contributed by atoms with Gasteiger partial charge in [0.15, 0.2) is 11.5 Å². The van der Waals surface area contributed by atoms with Gasteiger partial charge in [-0.05, 0) is 19.1 Å². The number of likely N-dealkylation sites (tertiary alicyclic amines) is 1. The molecule has 1 atom stereocenters. The molecule has 0 spiro atoms. The molecule has 8 heteroatoms. The van der Waals surface area contributed by atoms with E-state index >= 15 is 0 Å². The summed E-state index contributed by atoms with van der Waals surface area (Å²) in [6.45, 7) is 2.96. The van der Waals surface area contributed by atoms with Crippen molar-refractivity contribution < 1.29 is 14.7 Å². The molecule has 1 unspecified atom stereocenters. The van der Waals surface area contributed by atoms with Gasteiger partial charge in [-0.25, -0.2) is 9.97 Å². The van der Waals surface area contributed by atoms with Gasteiger partial charge in [0.25, 0.3) is 11.8 Å². The minimum absolute atomic E-state index is 0.109. The highest BCUT2D eigenvalue weighted by atomic mass is 16.3. The molecular weight excluding hydrogens is 358 g/mol. The number of carbonyl (C=O) groups is 2. The Morgan fingerprint density at radius 1 is 1.46 bits per heavy atom. The number of nitrogens with two attached hydrogens (primary N) is 1. The molecule has 2 heterocycles. The van der Waals surface area contributed by atoms with Crippen LogP contribution in [0.3, 0.4) is 0 Å². The Kier molecular flexibility index (Phi) is 5.29. The number of benzene rings is 1. The maximum Gasteiger partial charge on any atom is 0.269 e.